The predicted molar refractivity (Wildman–Crippen MR) is 129 cm³/mol. The van der Waals surface area contributed by atoms with Gasteiger partial charge in [0.15, 0.2) is 5.82 Å². The summed E-state index contributed by atoms with van der Waals surface area (Å²) < 4.78 is 5.40. The molecule has 1 N–H and O–H groups in total. The predicted octanol–water partition coefficient (Wildman–Crippen LogP) is 4.34. The van der Waals surface area contributed by atoms with Crippen molar-refractivity contribution < 1.29 is 4.74 Å². The SMILES string of the molecule is C[B]c1ccc(-c2nnc(Nc3nc(-c4cccnc4)nc4ccc(OC)cc34)s2)cc1. The number of methoxy groups -OCH3 is 1. The van der Waals surface area contributed by atoms with E-state index in [1.54, 1.807) is 19.5 Å². The van der Waals surface area contributed by atoms with Gasteiger partial charge in [-0.05, 0) is 30.3 Å². The monoisotopic (exact) mass is 437 g/mol. The first-order valence-electron chi connectivity index (χ1n) is 10.00. The fraction of sp³-hybridized carbons (Fsp3) is 0.0870. The zero-order valence-corrected chi connectivity index (χ0v) is 18.3. The Kier molecular flexibility index (Phi) is 5.47. The van der Waals surface area contributed by atoms with Crippen molar-refractivity contribution in [2.75, 3.05) is 12.4 Å². The zero-order chi connectivity index (χ0) is 21.9. The van der Waals surface area contributed by atoms with Crippen LogP contribution in [0.5, 0.6) is 5.75 Å². The van der Waals surface area contributed by atoms with Gasteiger partial charge < -0.3 is 10.1 Å². The molecule has 7 nitrogen and oxygen atoms in total. The Morgan fingerprint density at radius 2 is 1.84 bits per heavy atom. The molecule has 0 bridgehead atoms. The first-order chi connectivity index (χ1) is 15.7. The second-order valence-electron chi connectivity index (χ2n) is 6.97. The third-order valence-corrected chi connectivity index (χ3v) is 5.85. The van der Waals surface area contributed by atoms with Crippen molar-refractivity contribution in [2.45, 2.75) is 6.82 Å². The number of hydrogen-bond acceptors (Lipinski definition) is 8. The van der Waals surface area contributed by atoms with Crippen molar-refractivity contribution in [2.24, 2.45) is 0 Å². The van der Waals surface area contributed by atoms with Crippen LogP contribution in [0.2, 0.25) is 6.82 Å². The molecule has 9 heteroatoms. The van der Waals surface area contributed by atoms with Crippen molar-refractivity contribution in [3.63, 3.8) is 0 Å². The molecule has 0 saturated carbocycles. The molecular weight excluding hydrogens is 419 g/mol. The molecule has 0 aliphatic rings. The Morgan fingerprint density at radius 3 is 2.59 bits per heavy atom. The Labute approximate surface area is 189 Å². The minimum Gasteiger partial charge on any atom is -0.497 e. The fourth-order valence-corrected chi connectivity index (χ4v) is 4.01. The number of benzene rings is 2. The average molecular weight is 437 g/mol. The van der Waals surface area contributed by atoms with E-state index in [4.69, 9.17) is 14.7 Å². The smallest absolute Gasteiger partial charge is 0.211 e. The highest BCUT2D eigenvalue weighted by Crippen LogP contribution is 2.32. The van der Waals surface area contributed by atoms with Gasteiger partial charge in [-0.1, -0.05) is 47.9 Å². The van der Waals surface area contributed by atoms with E-state index in [2.05, 4.69) is 39.9 Å². The highest BCUT2D eigenvalue weighted by molar-refractivity contribution is 7.18. The standard InChI is InChI=1S/C23H18BN6OS/c1-24-16-7-5-14(6-8-16)22-29-30-23(32-22)28-21-18-12-17(31-2)9-10-19(18)26-20(27-21)15-4-3-11-25-13-15/h3-13H,1-2H3,(H,26,27,28,30). The second-order valence-corrected chi connectivity index (χ2v) is 7.95. The van der Waals surface area contributed by atoms with E-state index in [1.165, 1.54) is 16.8 Å². The number of ether oxygens (including phenoxy) is 1. The molecule has 5 rings (SSSR count). The lowest BCUT2D eigenvalue weighted by Gasteiger charge is -2.10. The molecule has 0 aliphatic heterocycles. The van der Waals surface area contributed by atoms with Crippen molar-refractivity contribution in [1.29, 1.82) is 0 Å². The molecule has 0 spiro atoms. The lowest BCUT2D eigenvalue weighted by molar-refractivity contribution is 0.415. The maximum Gasteiger partial charge on any atom is 0.211 e. The van der Waals surface area contributed by atoms with Gasteiger partial charge in [-0.25, -0.2) is 9.97 Å². The van der Waals surface area contributed by atoms with Crippen LogP contribution >= 0.6 is 11.3 Å². The minimum atomic E-state index is 0.578. The number of anilines is 2. The lowest BCUT2D eigenvalue weighted by Crippen LogP contribution is -2.08. The van der Waals surface area contributed by atoms with Gasteiger partial charge in [-0.15, -0.1) is 10.2 Å². The molecule has 0 fully saturated rings. The summed E-state index contributed by atoms with van der Waals surface area (Å²) in [6.45, 7) is 2.02. The summed E-state index contributed by atoms with van der Waals surface area (Å²) in [4.78, 5) is 13.7. The average Bonchev–Trinajstić information content (AvgIpc) is 3.32. The van der Waals surface area contributed by atoms with Crippen LogP contribution in [0, 0.1) is 0 Å². The van der Waals surface area contributed by atoms with Crippen molar-refractivity contribution in [3.05, 3.63) is 67.0 Å². The molecule has 32 heavy (non-hydrogen) atoms. The number of fused-ring (bicyclic) bond motifs is 1. The van der Waals surface area contributed by atoms with E-state index < -0.39 is 0 Å². The van der Waals surface area contributed by atoms with Gasteiger partial charge >= 0.3 is 0 Å². The van der Waals surface area contributed by atoms with E-state index in [-0.39, 0.29) is 0 Å². The van der Waals surface area contributed by atoms with Crippen LogP contribution in [0.3, 0.4) is 0 Å². The van der Waals surface area contributed by atoms with Gasteiger partial charge in [0.05, 0.1) is 12.6 Å². The molecule has 0 aliphatic carbocycles. The van der Waals surface area contributed by atoms with Crippen LogP contribution in [0.4, 0.5) is 10.9 Å². The summed E-state index contributed by atoms with van der Waals surface area (Å²) in [5, 5.41) is 14.3. The third-order valence-electron chi connectivity index (χ3n) is 4.96. The number of hydrogen-bond donors (Lipinski definition) is 1. The summed E-state index contributed by atoms with van der Waals surface area (Å²) in [6, 6.07) is 17.7. The number of rotatable bonds is 6. The number of aromatic nitrogens is 5. The molecule has 5 aromatic rings. The molecule has 155 valence electrons. The van der Waals surface area contributed by atoms with Crippen molar-refractivity contribution in [3.8, 4) is 27.7 Å². The van der Waals surface area contributed by atoms with Crippen molar-refractivity contribution in [1.82, 2.24) is 25.1 Å². The molecule has 3 aromatic heterocycles. The zero-order valence-electron chi connectivity index (χ0n) is 17.5. The number of pyridine rings is 1. The highest BCUT2D eigenvalue weighted by Gasteiger charge is 2.14. The Bertz CT molecular complexity index is 1370. The van der Waals surface area contributed by atoms with Gasteiger partial charge in [0.2, 0.25) is 5.13 Å². The van der Waals surface area contributed by atoms with Crippen LogP contribution in [0.25, 0.3) is 32.9 Å². The number of nitrogens with zero attached hydrogens (tertiary/aromatic N) is 5. The van der Waals surface area contributed by atoms with Gasteiger partial charge in [0.25, 0.3) is 0 Å². The topological polar surface area (TPSA) is 85.7 Å². The summed E-state index contributed by atoms with van der Waals surface area (Å²) >= 11 is 1.47. The minimum absolute atomic E-state index is 0.578. The normalized spacial score (nSPS) is 10.8. The van der Waals surface area contributed by atoms with Crippen LogP contribution < -0.4 is 15.5 Å². The molecular formula is C23H18BN6OS. The Balaban J connectivity index is 1.54. The number of nitrogens with one attached hydrogen (secondary N) is 1. The van der Waals surface area contributed by atoms with Crippen LogP contribution in [-0.4, -0.2) is 39.5 Å². The molecule has 0 amide bonds. The van der Waals surface area contributed by atoms with Crippen molar-refractivity contribution >= 4 is 45.9 Å². The summed E-state index contributed by atoms with van der Waals surface area (Å²) in [5.41, 5.74) is 3.81. The van der Waals surface area contributed by atoms with E-state index >= 15 is 0 Å². The largest absolute Gasteiger partial charge is 0.497 e. The molecule has 2 aromatic carbocycles. The van der Waals surface area contributed by atoms with Gasteiger partial charge in [0.1, 0.15) is 23.9 Å². The molecule has 0 saturated heterocycles. The molecule has 0 unspecified atom stereocenters. The van der Waals surface area contributed by atoms with Crippen LogP contribution in [0.1, 0.15) is 0 Å². The maximum atomic E-state index is 5.40. The van der Waals surface area contributed by atoms with Gasteiger partial charge in [0, 0.05) is 28.9 Å². The fourth-order valence-electron chi connectivity index (χ4n) is 3.26. The Morgan fingerprint density at radius 1 is 0.969 bits per heavy atom. The molecule has 3 heterocycles. The summed E-state index contributed by atoms with van der Waals surface area (Å²) in [6.07, 6.45) is 3.47. The first-order valence-corrected chi connectivity index (χ1v) is 10.8. The lowest BCUT2D eigenvalue weighted by atomic mass is 9.73. The van der Waals surface area contributed by atoms with Crippen LogP contribution in [0.15, 0.2) is 67.0 Å². The summed E-state index contributed by atoms with van der Waals surface area (Å²) in [5.74, 6) is 1.94. The van der Waals surface area contributed by atoms with E-state index in [0.717, 1.165) is 32.8 Å². The molecule has 1 radical (unpaired) electrons. The maximum absolute atomic E-state index is 5.40. The Hall–Kier alpha value is -3.85. The summed E-state index contributed by atoms with van der Waals surface area (Å²) in [7, 11) is 3.70. The van der Waals surface area contributed by atoms with Crippen LogP contribution in [-0.2, 0) is 0 Å². The first kappa shape index (κ1) is 20.1. The highest BCUT2D eigenvalue weighted by atomic mass is 32.1. The quantitative estimate of drug-likeness (QED) is 0.396. The van der Waals surface area contributed by atoms with E-state index in [0.29, 0.717) is 16.8 Å². The third kappa shape index (κ3) is 4.02. The second kappa shape index (κ2) is 8.72. The van der Waals surface area contributed by atoms with E-state index in [9.17, 15) is 0 Å². The van der Waals surface area contributed by atoms with E-state index in [1.807, 2.05) is 49.3 Å². The van der Waals surface area contributed by atoms with Gasteiger partial charge in [-0.2, -0.15) is 0 Å². The van der Waals surface area contributed by atoms with Gasteiger partial charge in [-0.3, -0.25) is 4.98 Å². The molecule has 0 atom stereocenters.